The molecule has 0 unspecified atom stereocenters. The number of nitrogens with zero attached hydrogens (tertiary/aromatic N) is 3. The summed E-state index contributed by atoms with van der Waals surface area (Å²) in [4.78, 5) is 17.0. The lowest BCUT2D eigenvalue weighted by atomic mass is 10.4. The summed E-state index contributed by atoms with van der Waals surface area (Å²) in [5.41, 5.74) is 0.814. The summed E-state index contributed by atoms with van der Waals surface area (Å²) in [6.45, 7) is 3.76. The number of carbonyl (C=O) groups excluding carboxylic acids is 1. The van der Waals surface area contributed by atoms with E-state index in [1.54, 1.807) is 6.07 Å². The number of aryl methyl sites for hydroxylation is 2. The van der Waals surface area contributed by atoms with E-state index < -0.39 is 5.91 Å². The molecule has 1 amide bonds. The van der Waals surface area contributed by atoms with Crippen molar-refractivity contribution < 1.29 is 13.6 Å². The van der Waals surface area contributed by atoms with E-state index >= 15 is 0 Å². The third kappa shape index (κ3) is 2.88. The molecule has 0 saturated heterocycles. The van der Waals surface area contributed by atoms with Crippen LogP contribution in [-0.2, 0) is 0 Å². The van der Waals surface area contributed by atoms with E-state index in [0.29, 0.717) is 10.6 Å². The van der Waals surface area contributed by atoms with Crippen molar-refractivity contribution >= 4 is 39.2 Å². The third-order valence-corrected chi connectivity index (χ3v) is 4.03. The first-order valence-corrected chi connectivity index (χ1v) is 7.48. The summed E-state index contributed by atoms with van der Waals surface area (Å²) >= 11 is 4.58. The minimum absolute atomic E-state index is 0.00738. The molecule has 0 fully saturated rings. The summed E-state index contributed by atoms with van der Waals surface area (Å²) in [7, 11) is 0. The van der Waals surface area contributed by atoms with E-state index in [9.17, 15) is 4.79 Å². The van der Waals surface area contributed by atoms with Crippen LogP contribution in [0.4, 0.5) is 6.01 Å². The predicted molar refractivity (Wildman–Crippen MR) is 79.2 cm³/mol. The average Bonchev–Trinajstić information content (AvgIpc) is 3.10. The number of anilines is 1. The Morgan fingerprint density at radius 2 is 2.10 bits per heavy atom. The number of rotatable bonds is 3. The molecule has 0 bridgehead atoms. The first-order valence-electron chi connectivity index (χ1n) is 5.87. The largest absolute Gasteiger partial charge is 0.444 e. The summed E-state index contributed by atoms with van der Waals surface area (Å²) in [6, 6.07) is 3.17. The van der Waals surface area contributed by atoms with E-state index in [1.807, 2.05) is 13.8 Å². The molecule has 3 aromatic rings. The highest BCUT2D eigenvalue weighted by atomic mass is 79.9. The number of hydrogen-bond donors (Lipinski definition) is 1. The predicted octanol–water partition coefficient (Wildman–Crippen LogP) is 3.42. The SMILES string of the molecule is Cc1nc(C)c(-c2nnc(NC(=O)c3ccc(Br)o3)o2)s1. The van der Waals surface area contributed by atoms with Crippen LogP contribution in [0.15, 0.2) is 25.6 Å². The highest BCUT2D eigenvalue weighted by Gasteiger charge is 2.18. The molecule has 1 N–H and O–H groups in total. The van der Waals surface area contributed by atoms with Crippen LogP contribution in [0.2, 0.25) is 0 Å². The number of amides is 1. The molecule has 3 heterocycles. The van der Waals surface area contributed by atoms with Crippen LogP contribution in [-0.4, -0.2) is 21.1 Å². The summed E-state index contributed by atoms with van der Waals surface area (Å²) in [5.74, 6) is 0.00794. The fourth-order valence-electron chi connectivity index (χ4n) is 1.69. The van der Waals surface area contributed by atoms with Crippen LogP contribution in [0.3, 0.4) is 0 Å². The Morgan fingerprint density at radius 3 is 2.71 bits per heavy atom. The molecule has 3 rings (SSSR count). The Bertz CT molecular complexity index is 807. The number of carbonyl (C=O) groups is 1. The summed E-state index contributed by atoms with van der Waals surface area (Å²) in [5, 5.41) is 11.1. The minimum Gasteiger partial charge on any atom is -0.444 e. The molecule has 0 spiro atoms. The van der Waals surface area contributed by atoms with E-state index in [0.717, 1.165) is 15.6 Å². The van der Waals surface area contributed by atoms with Crippen LogP contribution in [0, 0.1) is 13.8 Å². The first kappa shape index (κ1) is 14.0. The van der Waals surface area contributed by atoms with Gasteiger partial charge in [-0.25, -0.2) is 4.98 Å². The molecule has 9 heteroatoms. The van der Waals surface area contributed by atoms with Crippen LogP contribution in [0.5, 0.6) is 0 Å². The lowest BCUT2D eigenvalue weighted by Crippen LogP contribution is -2.10. The summed E-state index contributed by atoms with van der Waals surface area (Å²) in [6.07, 6.45) is 0. The Labute approximate surface area is 131 Å². The Kier molecular flexibility index (Phi) is 3.60. The van der Waals surface area contributed by atoms with Crippen molar-refractivity contribution in [2.75, 3.05) is 5.32 Å². The molecule has 3 aromatic heterocycles. The van der Waals surface area contributed by atoms with Crippen LogP contribution in [0.1, 0.15) is 21.3 Å². The second-order valence-corrected chi connectivity index (χ2v) is 6.10. The second kappa shape index (κ2) is 5.41. The fraction of sp³-hybridized carbons (Fsp3) is 0.167. The van der Waals surface area contributed by atoms with Gasteiger partial charge in [-0.1, -0.05) is 5.10 Å². The van der Waals surface area contributed by atoms with Crippen molar-refractivity contribution in [3.63, 3.8) is 0 Å². The lowest BCUT2D eigenvalue weighted by Gasteiger charge is -1.95. The average molecular weight is 369 g/mol. The number of nitrogens with one attached hydrogen (secondary N) is 1. The molecule has 0 aliphatic heterocycles. The number of thiazole rings is 1. The van der Waals surface area contributed by atoms with Crippen molar-refractivity contribution in [3.05, 3.63) is 33.3 Å². The van der Waals surface area contributed by atoms with Gasteiger partial charge < -0.3 is 8.83 Å². The van der Waals surface area contributed by atoms with Crippen LogP contribution in [0.25, 0.3) is 10.8 Å². The van der Waals surface area contributed by atoms with Crippen LogP contribution < -0.4 is 5.32 Å². The smallest absolute Gasteiger partial charge is 0.322 e. The molecule has 0 atom stereocenters. The maximum atomic E-state index is 11.9. The molecule has 108 valence electrons. The Balaban J connectivity index is 1.79. The molecule has 0 aliphatic carbocycles. The number of hydrogen-bond acceptors (Lipinski definition) is 7. The molecule has 0 radical (unpaired) electrons. The molecular weight excluding hydrogens is 360 g/mol. The molecule has 7 nitrogen and oxygen atoms in total. The van der Waals surface area contributed by atoms with Crippen molar-refractivity contribution in [2.24, 2.45) is 0 Å². The Hall–Kier alpha value is -2.00. The first-order chi connectivity index (χ1) is 10.0. The molecule has 0 aromatic carbocycles. The van der Waals surface area contributed by atoms with Gasteiger partial charge in [0.05, 0.1) is 10.7 Å². The zero-order chi connectivity index (χ0) is 15.0. The molecule has 0 saturated carbocycles. The zero-order valence-electron chi connectivity index (χ0n) is 11.0. The van der Waals surface area contributed by atoms with Gasteiger partial charge in [0.2, 0.25) is 0 Å². The molecule has 0 aliphatic rings. The van der Waals surface area contributed by atoms with Gasteiger partial charge in [-0.05, 0) is 41.9 Å². The summed E-state index contributed by atoms with van der Waals surface area (Å²) < 4.78 is 11.0. The van der Waals surface area contributed by atoms with E-state index in [-0.39, 0.29) is 11.8 Å². The number of aromatic nitrogens is 3. The van der Waals surface area contributed by atoms with Crippen molar-refractivity contribution in [3.8, 4) is 10.8 Å². The van der Waals surface area contributed by atoms with Crippen molar-refractivity contribution in [1.29, 1.82) is 0 Å². The topological polar surface area (TPSA) is 94.1 Å². The standard InChI is InChI=1S/C12H9BrN4O3S/c1-5-9(21-6(2)14-5)11-16-17-12(20-11)15-10(18)7-3-4-8(13)19-7/h3-4H,1-2H3,(H,15,17,18). The number of halogens is 1. The van der Waals surface area contributed by atoms with Gasteiger partial charge in [-0.3, -0.25) is 10.1 Å². The molecular formula is C12H9BrN4O3S. The van der Waals surface area contributed by atoms with Gasteiger partial charge in [-0.2, -0.15) is 0 Å². The molecule has 21 heavy (non-hydrogen) atoms. The van der Waals surface area contributed by atoms with Crippen molar-refractivity contribution in [1.82, 2.24) is 15.2 Å². The quantitative estimate of drug-likeness (QED) is 0.760. The van der Waals surface area contributed by atoms with Gasteiger partial charge in [0, 0.05) is 0 Å². The zero-order valence-corrected chi connectivity index (χ0v) is 13.4. The Morgan fingerprint density at radius 1 is 1.29 bits per heavy atom. The normalized spacial score (nSPS) is 10.8. The second-order valence-electron chi connectivity index (χ2n) is 4.12. The van der Waals surface area contributed by atoms with Gasteiger partial charge in [0.15, 0.2) is 10.4 Å². The van der Waals surface area contributed by atoms with Gasteiger partial charge in [0.1, 0.15) is 4.88 Å². The van der Waals surface area contributed by atoms with Gasteiger partial charge >= 0.3 is 6.01 Å². The third-order valence-electron chi connectivity index (χ3n) is 2.54. The van der Waals surface area contributed by atoms with Gasteiger partial charge in [0.25, 0.3) is 11.8 Å². The van der Waals surface area contributed by atoms with E-state index in [4.69, 9.17) is 8.83 Å². The van der Waals surface area contributed by atoms with Crippen LogP contribution >= 0.6 is 27.3 Å². The maximum Gasteiger partial charge on any atom is 0.322 e. The number of furan rings is 1. The van der Waals surface area contributed by atoms with E-state index in [2.05, 4.69) is 36.4 Å². The maximum absolute atomic E-state index is 11.9. The highest BCUT2D eigenvalue weighted by Crippen LogP contribution is 2.29. The highest BCUT2D eigenvalue weighted by molar-refractivity contribution is 9.10. The monoisotopic (exact) mass is 368 g/mol. The van der Waals surface area contributed by atoms with Crippen molar-refractivity contribution in [2.45, 2.75) is 13.8 Å². The lowest BCUT2D eigenvalue weighted by molar-refractivity contribution is 0.0992. The fourth-order valence-corrected chi connectivity index (χ4v) is 2.84. The minimum atomic E-state index is -0.465. The van der Waals surface area contributed by atoms with E-state index in [1.165, 1.54) is 17.4 Å². The van der Waals surface area contributed by atoms with Gasteiger partial charge in [-0.15, -0.1) is 16.4 Å².